The van der Waals surface area contributed by atoms with Crippen LogP contribution in [0.4, 0.5) is 0 Å². The predicted octanol–water partition coefficient (Wildman–Crippen LogP) is 1.49. The lowest BCUT2D eigenvalue weighted by atomic mass is 10.3. The minimum absolute atomic E-state index is 0.00980. The minimum Gasteiger partial charge on any atom is -0.379 e. The molecular weight excluding hydrogens is 384 g/mol. The van der Waals surface area contributed by atoms with Crippen molar-refractivity contribution in [1.82, 2.24) is 19.7 Å². The van der Waals surface area contributed by atoms with Crippen LogP contribution in [0.2, 0.25) is 0 Å². The van der Waals surface area contributed by atoms with Crippen LogP contribution in [0.3, 0.4) is 0 Å². The predicted molar refractivity (Wildman–Crippen MR) is 105 cm³/mol. The zero-order valence-electron chi connectivity index (χ0n) is 15.0. The Bertz CT molecular complexity index is 778. The number of hydrogen-bond donors (Lipinski definition) is 0. The molecule has 27 heavy (non-hydrogen) atoms. The second kappa shape index (κ2) is 8.47. The van der Waals surface area contributed by atoms with E-state index in [-0.39, 0.29) is 11.8 Å². The first-order valence-electron chi connectivity index (χ1n) is 9.07. The zero-order chi connectivity index (χ0) is 18.6. The van der Waals surface area contributed by atoms with Crippen LogP contribution >= 0.6 is 22.7 Å². The lowest BCUT2D eigenvalue weighted by Gasteiger charge is -2.36. The normalized spacial score (nSPS) is 18.7. The highest BCUT2D eigenvalue weighted by atomic mass is 32.1. The second-order valence-corrected chi connectivity index (χ2v) is 8.55. The number of ether oxygens (including phenoxy) is 1. The third-order valence-corrected chi connectivity index (χ3v) is 6.86. The van der Waals surface area contributed by atoms with E-state index in [1.54, 1.807) is 17.5 Å². The molecule has 4 rings (SSSR count). The molecule has 7 nitrogen and oxygen atoms in total. The van der Waals surface area contributed by atoms with Crippen molar-refractivity contribution in [3.05, 3.63) is 28.6 Å². The zero-order valence-corrected chi connectivity index (χ0v) is 16.6. The standard InChI is InChI=1S/C18H22N4O3S2/c23-16(13-20-7-9-25-10-8-20)21-3-5-22(6-4-21)18(24)15-12-19-17(27-15)14-2-1-11-26-14/h1-2,11-12H,3-10,13H2. The van der Waals surface area contributed by atoms with Crippen molar-refractivity contribution >= 4 is 34.5 Å². The van der Waals surface area contributed by atoms with Crippen molar-refractivity contribution in [2.24, 2.45) is 0 Å². The Morgan fingerprint density at radius 1 is 1.07 bits per heavy atom. The van der Waals surface area contributed by atoms with Crippen LogP contribution in [0.1, 0.15) is 9.67 Å². The van der Waals surface area contributed by atoms with Crippen molar-refractivity contribution in [3.63, 3.8) is 0 Å². The van der Waals surface area contributed by atoms with Crippen molar-refractivity contribution < 1.29 is 14.3 Å². The van der Waals surface area contributed by atoms with Gasteiger partial charge in [0.1, 0.15) is 9.88 Å². The lowest BCUT2D eigenvalue weighted by molar-refractivity contribution is -0.134. The molecule has 0 spiro atoms. The Balaban J connectivity index is 1.29. The molecule has 0 radical (unpaired) electrons. The Labute approximate surface area is 166 Å². The van der Waals surface area contributed by atoms with E-state index in [2.05, 4.69) is 9.88 Å². The summed E-state index contributed by atoms with van der Waals surface area (Å²) in [6.07, 6.45) is 1.66. The fourth-order valence-corrected chi connectivity index (χ4v) is 4.94. The molecule has 0 atom stereocenters. The van der Waals surface area contributed by atoms with E-state index in [1.807, 2.05) is 27.3 Å². The molecule has 0 N–H and O–H groups in total. The molecule has 2 aromatic rings. The van der Waals surface area contributed by atoms with Gasteiger partial charge in [0.05, 0.1) is 30.8 Å². The number of carbonyl (C=O) groups excluding carboxylic acids is 2. The van der Waals surface area contributed by atoms with Gasteiger partial charge >= 0.3 is 0 Å². The minimum atomic E-state index is 0.00980. The number of piperazine rings is 1. The van der Waals surface area contributed by atoms with Crippen molar-refractivity contribution in [1.29, 1.82) is 0 Å². The number of morpholine rings is 1. The fraction of sp³-hybridized carbons (Fsp3) is 0.500. The summed E-state index contributed by atoms with van der Waals surface area (Å²) in [5.41, 5.74) is 0. The molecule has 144 valence electrons. The fourth-order valence-electron chi connectivity index (χ4n) is 3.25. The summed E-state index contributed by atoms with van der Waals surface area (Å²) >= 11 is 3.05. The Kier molecular flexibility index (Phi) is 5.82. The first-order valence-corrected chi connectivity index (χ1v) is 10.8. The summed E-state index contributed by atoms with van der Waals surface area (Å²) in [6, 6.07) is 3.99. The van der Waals surface area contributed by atoms with Crippen molar-refractivity contribution in [3.8, 4) is 9.88 Å². The number of thiazole rings is 1. The average Bonchev–Trinajstić information content (AvgIpc) is 3.40. The van der Waals surface area contributed by atoms with E-state index in [1.165, 1.54) is 11.3 Å². The maximum absolute atomic E-state index is 12.8. The van der Waals surface area contributed by atoms with E-state index in [9.17, 15) is 9.59 Å². The third-order valence-electron chi connectivity index (χ3n) is 4.83. The number of nitrogens with zero attached hydrogens (tertiary/aromatic N) is 4. The quantitative estimate of drug-likeness (QED) is 0.770. The van der Waals surface area contributed by atoms with Gasteiger partial charge in [-0.1, -0.05) is 6.07 Å². The number of amides is 2. The number of thiophene rings is 1. The molecule has 2 amide bonds. The highest BCUT2D eigenvalue weighted by Gasteiger charge is 2.27. The summed E-state index contributed by atoms with van der Waals surface area (Å²) in [5.74, 6) is 0.150. The maximum atomic E-state index is 12.8. The largest absolute Gasteiger partial charge is 0.379 e. The third kappa shape index (κ3) is 4.37. The molecule has 0 aromatic carbocycles. The average molecular weight is 407 g/mol. The highest BCUT2D eigenvalue weighted by Crippen LogP contribution is 2.29. The number of aromatic nitrogens is 1. The number of rotatable bonds is 4. The van der Waals surface area contributed by atoms with Gasteiger partial charge in [0.2, 0.25) is 5.91 Å². The molecule has 4 heterocycles. The first-order chi connectivity index (χ1) is 13.2. The molecule has 0 bridgehead atoms. The van der Waals surface area contributed by atoms with Gasteiger partial charge in [-0.15, -0.1) is 22.7 Å². The first kappa shape index (κ1) is 18.5. The molecule has 0 saturated carbocycles. The van der Waals surface area contributed by atoms with Gasteiger partial charge in [-0.25, -0.2) is 4.98 Å². The SMILES string of the molecule is O=C(CN1CCOCC1)N1CCN(C(=O)c2cnc(-c3cccs3)s2)CC1. The molecule has 0 unspecified atom stereocenters. The molecule has 9 heteroatoms. The van der Waals surface area contributed by atoms with Crippen molar-refractivity contribution in [2.75, 3.05) is 59.0 Å². The lowest BCUT2D eigenvalue weighted by Crippen LogP contribution is -2.53. The number of carbonyl (C=O) groups is 2. The van der Waals surface area contributed by atoms with Gasteiger partial charge in [0.25, 0.3) is 5.91 Å². The van der Waals surface area contributed by atoms with E-state index in [0.717, 1.165) is 23.0 Å². The summed E-state index contributed by atoms with van der Waals surface area (Å²) in [4.78, 5) is 37.2. The molecule has 0 aliphatic carbocycles. The van der Waals surface area contributed by atoms with Crippen molar-refractivity contribution in [2.45, 2.75) is 0 Å². The molecule has 2 fully saturated rings. The Hall–Kier alpha value is -1.81. The van der Waals surface area contributed by atoms with Crippen LogP contribution in [-0.2, 0) is 9.53 Å². The highest BCUT2D eigenvalue weighted by molar-refractivity contribution is 7.21. The van der Waals surface area contributed by atoms with Crippen LogP contribution in [0.5, 0.6) is 0 Å². The summed E-state index contributed by atoms with van der Waals surface area (Å²) in [6.45, 7) is 5.76. The number of hydrogen-bond acceptors (Lipinski definition) is 7. The van der Waals surface area contributed by atoms with Crippen LogP contribution in [0, 0.1) is 0 Å². The van der Waals surface area contributed by atoms with Gasteiger partial charge in [0, 0.05) is 39.3 Å². The molecule has 2 aromatic heterocycles. The van der Waals surface area contributed by atoms with E-state index >= 15 is 0 Å². The molecule has 2 aliphatic rings. The van der Waals surface area contributed by atoms with Crippen LogP contribution in [0.25, 0.3) is 9.88 Å². The topological polar surface area (TPSA) is 66.0 Å². The summed E-state index contributed by atoms with van der Waals surface area (Å²) in [7, 11) is 0. The van der Waals surface area contributed by atoms with Crippen LogP contribution in [-0.4, -0.2) is 90.5 Å². The van der Waals surface area contributed by atoms with E-state index < -0.39 is 0 Å². The van der Waals surface area contributed by atoms with E-state index in [4.69, 9.17) is 4.74 Å². The summed E-state index contributed by atoms with van der Waals surface area (Å²) < 4.78 is 5.32. The monoisotopic (exact) mass is 406 g/mol. The molecule has 2 saturated heterocycles. The molecule has 2 aliphatic heterocycles. The maximum Gasteiger partial charge on any atom is 0.265 e. The summed E-state index contributed by atoms with van der Waals surface area (Å²) in [5, 5.41) is 2.89. The van der Waals surface area contributed by atoms with Gasteiger partial charge < -0.3 is 14.5 Å². The smallest absolute Gasteiger partial charge is 0.265 e. The van der Waals surface area contributed by atoms with Gasteiger partial charge in [0.15, 0.2) is 0 Å². The van der Waals surface area contributed by atoms with Crippen LogP contribution in [0.15, 0.2) is 23.7 Å². The van der Waals surface area contributed by atoms with Crippen LogP contribution < -0.4 is 0 Å². The van der Waals surface area contributed by atoms with Gasteiger partial charge in [-0.05, 0) is 11.4 Å². The second-order valence-electron chi connectivity index (χ2n) is 6.57. The van der Waals surface area contributed by atoms with E-state index in [0.29, 0.717) is 50.8 Å². The molecular formula is C18H22N4O3S2. The van der Waals surface area contributed by atoms with Gasteiger partial charge in [-0.3, -0.25) is 14.5 Å². The Morgan fingerprint density at radius 2 is 1.81 bits per heavy atom. The van der Waals surface area contributed by atoms with Gasteiger partial charge in [-0.2, -0.15) is 0 Å². The Morgan fingerprint density at radius 3 is 2.52 bits per heavy atom.